The van der Waals surface area contributed by atoms with Gasteiger partial charge in [0.1, 0.15) is 11.0 Å². The Labute approximate surface area is 115 Å². The lowest BCUT2D eigenvalue weighted by Gasteiger charge is -2.33. The van der Waals surface area contributed by atoms with E-state index in [1.54, 1.807) is 6.20 Å². The molecule has 2 aromatic rings. The minimum atomic E-state index is -0.0111. The second-order valence-electron chi connectivity index (χ2n) is 4.41. The third kappa shape index (κ3) is 2.49. The Morgan fingerprint density at radius 3 is 3.05 bits per heavy atom. The second kappa shape index (κ2) is 5.28. The molecule has 1 aliphatic heterocycles. The fraction of sp³-hybridized carbons (Fsp3) is 0.545. The van der Waals surface area contributed by atoms with Crippen LogP contribution >= 0.6 is 11.6 Å². The summed E-state index contributed by atoms with van der Waals surface area (Å²) < 4.78 is 12.2. The van der Waals surface area contributed by atoms with Crippen molar-refractivity contribution in [3.63, 3.8) is 0 Å². The van der Waals surface area contributed by atoms with Crippen LogP contribution in [0.3, 0.4) is 0 Å². The average molecular weight is 284 g/mol. The van der Waals surface area contributed by atoms with E-state index >= 15 is 0 Å². The smallest absolute Gasteiger partial charge is 0.213 e. The fourth-order valence-corrected chi connectivity index (χ4v) is 2.29. The third-order valence-electron chi connectivity index (χ3n) is 3.29. The van der Waals surface area contributed by atoms with Crippen molar-refractivity contribution in [1.29, 1.82) is 0 Å². The molecule has 1 aliphatic rings. The van der Waals surface area contributed by atoms with Crippen LogP contribution < -0.4 is 0 Å². The summed E-state index contributed by atoms with van der Waals surface area (Å²) >= 11 is 6.00. The molecule has 2 aromatic heterocycles. The summed E-state index contributed by atoms with van der Waals surface area (Å²) in [6.07, 6.45) is 2.99. The molecule has 1 fully saturated rings. The number of ether oxygens (including phenoxy) is 1. The van der Waals surface area contributed by atoms with E-state index in [1.807, 2.05) is 11.6 Å². The summed E-state index contributed by atoms with van der Waals surface area (Å²) in [5.41, 5.74) is 0. The van der Waals surface area contributed by atoms with Crippen molar-refractivity contribution in [2.24, 2.45) is 7.05 Å². The third-order valence-corrected chi connectivity index (χ3v) is 3.64. The van der Waals surface area contributed by atoms with E-state index in [0.29, 0.717) is 30.7 Å². The molecule has 0 aromatic carbocycles. The minimum absolute atomic E-state index is 0.0111. The van der Waals surface area contributed by atoms with E-state index in [-0.39, 0.29) is 6.04 Å². The Kier molecular flexibility index (Phi) is 3.50. The molecule has 0 aliphatic carbocycles. The molecule has 102 valence electrons. The summed E-state index contributed by atoms with van der Waals surface area (Å²) in [7, 11) is 1.90. The molecule has 0 radical (unpaired) electrons. The zero-order valence-corrected chi connectivity index (χ0v) is 11.2. The number of hydrogen-bond acceptors (Lipinski definition) is 6. The lowest BCUT2D eigenvalue weighted by Crippen LogP contribution is -2.40. The van der Waals surface area contributed by atoms with Crippen LogP contribution in [-0.4, -0.2) is 44.4 Å². The molecule has 7 nitrogen and oxygen atoms in total. The van der Waals surface area contributed by atoms with Gasteiger partial charge in [0.25, 0.3) is 0 Å². The van der Waals surface area contributed by atoms with Crippen LogP contribution in [0.25, 0.3) is 0 Å². The molecular formula is C11H14ClN5O2. The van der Waals surface area contributed by atoms with Gasteiger partial charge < -0.3 is 13.8 Å². The molecule has 3 rings (SSSR count). The number of halogens is 1. The molecule has 0 bridgehead atoms. The van der Waals surface area contributed by atoms with Crippen LogP contribution in [0.4, 0.5) is 0 Å². The first-order valence-corrected chi connectivity index (χ1v) is 6.37. The van der Waals surface area contributed by atoms with E-state index in [9.17, 15) is 0 Å². The van der Waals surface area contributed by atoms with Crippen LogP contribution in [0.15, 0.2) is 17.1 Å². The molecular weight excluding hydrogens is 270 g/mol. The molecule has 1 saturated heterocycles. The Morgan fingerprint density at radius 1 is 1.47 bits per heavy atom. The maximum absolute atomic E-state index is 6.00. The Hall–Kier alpha value is -1.44. The van der Waals surface area contributed by atoms with Crippen molar-refractivity contribution in [2.45, 2.75) is 12.6 Å². The normalized spacial score (nSPS) is 20.8. The summed E-state index contributed by atoms with van der Waals surface area (Å²) in [6, 6.07) is -0.0111. The van der Waals surface area contributed by atoms with Crippen LogP contribution in [0.2, 0.25) is 5.15 Å². The van der Waals surface area contributed by atoms with Crippen LogP contribution in [0.1, 0.15) is 17.7 Å². The Bertz CT molecular complexity index is 541. The number of aromatic nitrogens is 4. The van der Waals surface area contributed by atoms with E-state index in [4.69, 9.17) is 20.9 Å². The van der Waals surface area contributed by atoms with Crippen molar-refractivity contribution in [3.05, 3.63) is 29.4 Å². The van der Waals surface area contributed by atoms with Gasteiger partial charge in [0.05, 0.1) is 32.0 Å². The fourth-order valence-electron chi connectivity index (χ4n) is 2.14. The lowest BCUT2D eigenvalue weighted by atomic mass is 10.2. The molecule has 0 spiro atoms. The number of hydrogen-bond donors (Lipinski definition) is 0. The number of nitrogens with zero attached hydrogens (tertiary/aromatic N) is 5. The predicted octanol–water partition coefficient (Wildman–Crippen LogP) is 1.03. The van der Waals surface area contributed by atoms with E-state index in [1.165, 1.54) is 6.39 Å². The summed E-state index contributed by atoms with van der Waals surface area (Å²) in [6.45, 7) is 2.71. The topological polar surface area (TPSA) is 69.2 Å². The number of morpholine rings is 1. The lowest BCUT2D eigenvalue weighted by molar-refractivity contribution is -0.0180. The Morgan fingerprint density at radius 2 is 2.37 bits per heavy atom. The molecule has 1 unspecified atom stereocenters. The highest BCUT2D eigenvalue weighted by molar-refractivity contribution is 6.29. The first-order chi connectivity index (χ1) is 9.25. The molecule has 0 N–H and O–H groups in total. The first-order valence-electron chi connectivity index (χ1n) is 6.00. The average Bonchev–Trinajstić information content (AvgIpc) is 3.05. The van der Waals surface area contributed by atoms with Gasteiger partial charge in [-0.3, -0.25) is 4.90 Å². The number of rotatable bonds is 3. The Balaban J connectivity index is 1.79. The van der Waals surface area contributed by atoms with Gasteiger partial charge in [0.15, 0.2) is 5.82 Å². The van der Waals surface area contributed by atoms with Crippen molar-refractivity contribution < 1.29 is 9.26 Å². The van der Waals surface area contributed by atoms with Crippen molar-refractivity contribution in [1.82, 2.24) is 24.6 Å². The SMILES string of the molecule is Cn1c(Cl)cnc1CN1CCOCC1c1ncon1. The van der Waals surface area contributed by atoms with Crippen molar-refractivity contribution >= 4 is 11.6 Å². The predicted molar refractivity (Wildman–Crippen MR) is 66.5 cm³/mol. The largest absolute Gasteiger partial charge is 0.378 e. The maximum Gasteiger partial charge on any atom is 0.213 e. The van der Waals surface area contributed by atoms with Crippen LogP contribution in [-0.2, 0) is 18.3 Å². The summed E-state index contributed by atoms with van der Waals surface area (Å²) in [5, 5.41) is 4.52. The van der Waals surface area contributed by atoms with Gasteiger partial charge in [-0.05, 0) is 0 Å². The van der Waals surface area contributed by atoms with Crippen LogP contribution in [0, 0.1) is 0 Å². The zero-order chi connectivity index (χ0) is 13.2. The van der Waals surface area contributed by atoms with Gasteiger partial charge in [-0.1, -0.05) is 16.8 Å². The van der Waals surface area contributed by atoms with E-state index in [0.717, 1.165) is 12.4 Å². The highest BCUT2D eigenvalue weighted by Gasteiger charge is 2.28. The van der Waals surface area contributed by atoms with Gasteiger partial charge in [-0.15, -0.1) is 0 Å². The van der Waals surface area contributed by atoms with Crippen LogP contribution in [0.5, 0.6) is 0 Å². The molecule has 19 heavy (non-hydrogen) atoms. The maximum atomic E-state index is 6.00. The molecule has 3 heterocycles. The number of imidazole rings is 1. The summed E-state index contributed by atoms with van der Waals surface area (Å²) in [4.78, 5) is 10.6. The van der Waals surface area contributed by atoms with Crippen molar-refractivity contribution in [3.8, 4) is 0 Å². The highest BCUT2D eigenvalue weighted by Crippen LogP contribution is 2.23. The minimum Gasteiger partial charge on any atom is -0.378 e. The first kappa shape index (κ1) is 12.6. The van der Waals surface area contributed by atoms with Gasteiger partial charge >= 0.3 is 0 Å². The zero-order valence-electron chi connectivity index (χ0n) is 10.5. The molecule has 0 amide bonds. The summed E-state index contributed by atoms with van der Waals surface area (Å²) in [5.74, 6) is 1.54. The second-order valence-corrected chi connectivity index (χ2v) is 4.79. The van der Waals surface area contributed by atoms with Gasteiger partial charge in [-0.2, -0.15) is 4.98 Å². The molecule has 1 atom stereocenters. The highest BCUT2D eigenvalue weighted by atomic mass is 35.5. The monoisotopic (exact) mass is 283 g/mol. The van der Waals surface area contributed by atoms with Gasteiger partial charge in [-0.25, -0.2) is 4.98 Å². The van der Waals surface area contributed by atoms with E-state index < -0.39 is 0 Å². The molecule has 0 saturated carbocycles. The molecule has 8 heteroatoms. The standard InChI is InChI=1S/C11H14ClN5O2/c1-16-9(12)4-13-10(16)5-17-2-3-18-6-8(17)11-14-7-19-15-11/h4,7-8H,2-3,5-6H2,1H3. The van der Waals surface area contributed by atoms with E-state index in [2.05, 4.69) is 20.0 Å². The van der Waals surface area contributed by atoms with Gasteiger partial charge in [0.2, 0.25) is 6.39 Å². The quantitative estimate of drug-likeness (QED) is 0.838. The van der Waals surface area contributed by atoms with Gasteiger partial charge in [0, 0.05) is 13.6 Å². The van der Waals surface area contributed by atoms with Crippen molar-refractivity contribution in [2.75, 3.05) is 19.8 Å².